The molecule has 0 spiro atoms. The fourth-order valence-corrected chi connectivity index (χ4v) is 4.32. The standard InChI is InChI=1S/C26H17N/c1-2-10-20-17-26-23(16-19(20)9-1)22-13-5-6-14-25(22)27(26)24-15-7-11-18-8-3-4-12-21(18)24/h1-17H. The first-order valence-electron chi connectivity index (χ1n) is 9.30. The summed E-state index contributed by atoms with van der Waals surface area (Å²) in [6, 6.07) is 37.2. The molecule has 0 amide bonds. The molecule has 6 rings (SSSR count). The van der Waals surface area contributed by atoms with Crippen LogP contribution in [0.4, 0.5) is 0 Å². The van der Waals surface area contributed by atoms with E-state index in [1.165, 1.54) is 49.0 Å². The van der Waals surface area contributed by atoms with Gasteiger partial charge in [0, 0.05) is 16.2 Å². The Morgan fingerprint density at radius 3 is 1.89 bits per heavy atom. The van der Waals surface area contributed by atoms with Crippen LogP contribution in [0.3, 0.4) is 0 Å². The molecule has 0 unspecified atom stereocenters. The van der Waals surface area contributed by atoms with Crippen LogP contribution in [0.25, 0.3) is 49.0 Å². The summed E-state index contributed by atoms with van der Waals surface area (Å²) in [5, 5.41) is 7.70. The topological polar surface area (TPSA) is 4.93 Å². The molecule has 6 aromatic rings. The zero-order valence-electron chi connectivity index (χ0n) is 14.8. The highest BCUT2D eigenvalue weighted by molar-refractivity contribution is 6.14. The zero-order valence-corrected chi connectivity index (χ0v) is 14.8. The van der Waals surface area contributed by atoms with Gasteiger partial charge in [0.2, 0.25) is 0 Å². The van der Waals surface area contributed by atoms with Gasteiger partial charge in [-0.25, -0.2) is 0 Å². The summed E-state index contributed by atoms with van der Waals surface area (Å²) in [6.45, 7) is 0. The highest BCUT2D eigenvalue weighted by atomic mass is 15.0. The van der Waals surface area contributed by atoms with Crippen LogP contribution in [0.5, 0.6) is 0 Å². The van der Waals surface area contributed by atoms with Crippen LogP contribution in [0.1, 0.15) is 0 Å². The molecule has 27 heavy (non-hydrogen) atoms. The summed E-state index contributed by atoms with van der Waals surface area (Å²) in [5.74, 6) is 0. The van der Waals surface area contributed by atoms with Crippen molar-refractivity contribution >= 4 is 43.4 Å². The molecule has 0 aliphatic rings. The van der Waals surface area contributed by atoms with Gasteiger partial charge in [0.15, 0.2) is 0 Å². The van der Waals surface area contributed by atoms with Gasteiger partial charge < -0.3 is 4.57 Å². The summed E-state index contributed by atoms with van der Waals surface area (Å²) >= 11 is 0. The van der Waals surface area contributed by atoms with Gasteiger partial charge >= 0.3 is 0 Å². The van der Waals surface area contributed by atoms with Crippen LogP contribution in [0.2, 0.25) is 0 Å². The number of benzene rings is 5. The quantitative estimate of drug-likeness (QED) is 0.300. The van der Waals surface area contributed by atoms with Crippen molar-refractivity contribution in [3.8, 4) is 5.69 Å². The van der Waals surface area contributed by atoms with E-state index in [2.05, 4.69) is 108 Å². The first-order valence-corrected chi connectivity index (χ1v) is 9.30. The second-order valence-corrected chi connectivity index (χ2v) is 7.07. The zero-order chi connectivity index (χ0) is 17.8. The molecule has 0 saturated carbocycles. The predicted octanol–water partition coefficient (Wildman–Crippen LogP) is 7.09. The number of rotatable bonds is 1. The maximum Gasteiger partial charge on any atom is 0.0547 e. The lowest BCUT2D eigenvalue weighted by molar-refractivity contribution is 1.20. The number of para-hydroxylation sites is 1. The summed E-state index contributed by atoms with van der Waals surface area (Å²) in [7, 11) is 0. The van der Waals surface area contributed by atoms with E-state index in [0.29, 0.717) is 0 Å². The van der Waals surface area contributed by atoms with Crippen molar-refractivity contribution in [3.63, 3.8) is 0 Å². The van der Waals surface area contributed by atoms with Crippen molar-refractivity contribution in [2.75, 3.05) is 0 Å². The van der Waals surface area contributed by atoms with Crippen LogP contribution in [0, 0.1) is 0 Å². The Labute approximate surface area is 157 Å². The maximum atomic E-state index is 2.42. The third-order valence-electron chi connectivity index (χ3n) is 5.55. The van der Waals surface area contributed by atoms with Crippen LogP contribution < -0.4 is 0 Å². The Hall–Kier alpha value is -3.58. The van der Waals surface area contributed by atoms with Gasteiger partial charge in [0.1, 0.15) is 0 Å². The first-order chi connectivity index (χ1) is 13.4. The third kappa shape index (κ3) is 2.06. The predicted molar refractivity (Wildman–Crippen MR) is 116 cm³/mol. The number of aromatic nitrogens is 1. The molecule has 0 aliphatic heterocycles. The molecule has 1 heteroatoms. The number of hydrogen-bond acceptors (Lipinski definition) is 0. The summed E-state index contributed by atoms with van der Waals surface area (Å²) in [5.41, 5.74) is 3.74. The smallest absolute Gasteiger partial charge is 0.0547 e. The molecule has 0 radical (unpaired) electrons. The fourth-order valence-electron chi connectivity index (χ4n) is 4.32. The minimum absolute atomic E-state index is 1.23. The first kappa shape index (κ1) is 14.6. The molecule has 0 aliphatic carbocycles. The Morgan fingerprint density at radius 2 is 1.04 bits per heavy atom. The van der Waals surface area contributed by atoms with Crippen LogP contribution in [-0.4, -0.2) is 4.57 Å². The second-order valence-electron chi connectivity index (χ2n) is 7.07. The molecule has 126 valence electrons. The van der Waals surface area contributed by atoms with Crippen molar-refractivity contribution in [1.29, 1.82) is 0 Å². The molecular formula is C26H17N. The van der Waals surface area contributed by atoms with Gasteiger partial charge in [-0.05, 0) is 40.4 Å². The molecule has 0 N–H and O–H groups in total. The summed E-state index contributed by atoms with van der Waals surface area (Å²) in [4.78, 5) is 0. The van der Waals surface area contributed by atoms with Gasteiger partial charge in [0.25, 0.3) is 0 Å². The van der Waals surface area contributed by atoms with Gasteiger partial charge in [-0.2, -0.15) is 0 Å². The SMILES string of the molecule is c1ccc2cc3c(cc2c1)c1ccccc1n3-c1cccc2ccccc12. The van der Waals surface area contributed by atoms with Gasteiger partial charge in [-0.15, -0.1) is 0 Å². The third-order valence-corrected chi connectivity index (χ3v) is 5.55. The van der Waals surface area contributed by atoms with Crippen LogP contribution in [-0.2, 0) is 0 Å². The molecular weight excluding hydrogens is 326 g/mol. The average molecular weight is 343 g/mol. The van der Waals surface area contributed by atoms with Crippen molar-refractivity contribution in [1.82, 2.24) is 4.57 Å². The van der Waals surface area contributed by atoms with Crippen molar-refractivity contribution in [3.05, 3.63) is 103 Å². The van der Waals surface area contributed by atoms with E-state index in [0.717, 1.165) is 0 Å². The molecule has 0 atom stereocenters. The molecule has 0 bridgehead atoms. The lowest BCUT2D eigenvalue weighted by atomic mass is 10.1. The minimum atomic E-state index is 1.23. The lowest BCUT2D eigenvalue weighted by Crippen LogP contribution is -1.95. The Bertz CT molecular complexity index is 1460. The largest absolute Gasteiger partial charge is 0.309 e. The van der Waals surface area contributed by atoms with E-state index in [1.54, 1.807) is 0 Å². The average Bonchev–Trinajstić information content (AvgIpc) is 3.05. The lowest BCUT2D eigenvalue weighted by Gasteiger charge is -2.11. The van der Waals surface area contributed by atoms with E-state index in [4.69, 9.17) is 0 Å². The van der Waals surface area contributed by atoms with Crippen molar-refractivity contribution in [2.45, 2.75) is 0 Å². The van der Waals surface area contributed by atoms with Crippen LogP contribution >= 0.6 is 0 Å². The normalized spacial score (nSPS) is 11.7. The van der Waals surface area contributed by atoms with Crippen molar-refractivity contribution in [2.24, 2.45) is 0 Å². The highest BCUT2D eigenvalue weighted by Gasteiger charge is 2.14. The Morgan fingerprint density at radius 1 is 0.407 bits per heavy atom. The van der Waals surface area contributed by atoms with E-state index in [1.807, 2.05) is 0 Å². The van der Waals surface area contributed by atoms with E-state index in [-0.39, 0.29) is 0 Å². The Balaban J connectivity index is 1.86. The number of nitrogens with zero attached hydrogens (tertiary/aromatic N) is 1. The monoisotopic (exact) mass is 343 g/mol. The van der Waals surface area contributed by atoms with E-state index >= 15 is 0 Å². The molecule has 1 aromatic heterocycles. The second kappa shape index (κ2) is 5.46. The maximum absolute atomic E-state index is 2.42. The molecule has 5 aromatic carbocycles. The molecule has 1 heterocycles. The van der Waals surface area contributed by atoms with Gasteiger partial charge in [0.05, 0.1) is 16.7 Å². The molecule has 0 fully saturated rings. The fraction of sp³-hybridized carbons (Fsp3) is 0. The van der Waals surface area contributed by atoms with Gasteiger partial charge in [-0.3, -0.25) is 0 Å². The number of hydrogen-bond donors (Lipinski definition) is 0. The highest BCUT2D eigenvalue weighted by Crippen LogP contribution is 2.36. The van der Waals surface area contributed by atoms with Crippen LogP contribution in [0.15, 0.2) is 103 Å². The van der Waals surface area contributed by atoms with Gasteiger partial charge in [-0.1, -0.05) is 78.9 Å². The van der Waals surface area contributed by atoms with E-state index < -0.39 is 0 Å². The van der Waals surface area contributed by atoms with E-state index in [9.17, 15) is 0 Å². The summed E-state index contributed by atoms with van der Waals surface area (Å²) in [6.07, 6.45) is 0. The number of fused-ring (bicyclic) bond motifs is 5. The molecule has 1 nitrogen and oxygen atoms in total. The summed E-state index contributed by atoms with van der Waals surface area (Å²) < 4.78 is 2.42. The van der Waals surface area contributed by atoms with Crippen molar-refractivity contribution < 1.29 is 0 Å². The minimum Gasteiger partial charge on any atom is -0.309 e. The Kier molecular flexibility index (Phi) is 2.95. The molecule has 0 saturated heterocycles.